The Bertz CT molecular complexity index is 291. The van der Waals surface area contributed by atoms with E-state index in [0.717, 1.165) is 12.3 Å². The Kier molecular flexibility index (Phi) is 7.74. The van der Waals surface area contributed by atoms with Crippen molar-refractivity contribution in [2.24, 2.45) is 5.73 Å². The minimum Gasteiger partial charge on any atom is -0.330 e. The molecule has 88 valence electrons. The lowest BCUT2D eigenvalue weighted by Crippen LogP contribution is -2.12. The zero-order valence-electron chi connectivity index (χ0n) is 7.62. The van der Waals surface area contributed by atoms with Crippen LogP contribution in [0.5, 0.6) is 0 Å². The molecule has 1 rings (SSSR count). The van der Waals surface area contributed by atoms with Crippen LogP contribution < -0.4 is 5.73 Å². The summed E-state index contributed by atoms with van der Waals surface area (Å²) in [7, 11) is 0. The highest BCUT2D eigenvalue weighted by molar-refractivity contribution is 5.85. The van der Waals surface area contributed by atoms with Crippen LogP contribution >= 0.6 is 24.8 Å². The molecule has 2 N–H and O–H groups in total. The second kappa shape index (κ2) is 6.87. The highest BCUT2D eigenvalue weighted by Crippen LogP contribution is 2.31. The zero-order valence-corrected chi connectivity index (χ0v) is 9.25. The van der Waals surface area contributed by atoms with Gasteiger partial charge in [0.05, 0.1) is 5.56 Å². The molecule has 0 saturated heterocycles. The minimum atomic E-state index is -4.31. The fourth-order valence-corrected chi connectivity index (χ4v) is 1.06. The van der Waals surface area contributed by atoms with Gasteiger partial charge in [-0.1, -0.05) is 0 Å². The van der Waals surface area contributed by atoms with Crippen LogP contribution in [0.15, 0.2) is 18.5 Å². The van der Waals surface area contributed by atoms with Gasteiger partial charge in [-0.3, -0.25) is 4.98 Å². The Morgan fingerprint density at radius 2 is 1.87 bits per heavy atom. The van der Waals surface area contributed by atoms with Crippen LogP contribution in [0.2, 0.25) is 0 Å². The third-order valence-corrected chi connectivity index (χ3v) is 1.62. The highest BCUT2D eigenvalue weighted by atomic mass is 35.5. The highest BCUT2D eigenvalue weighted by Gasteiger charge is 2.32. The summed E-state index contributed by atoms with van der Waals surface area (Å²) in [6.45, 7) is 0.189. The lowest BCUT2D eigenvalue weighted by Gasteiger charge is -2.10. The van der Waals surface area contributed by atoms with Crippen LogP contribution in [0.25, 0.3) is 0 Å². The van der Waals surface area contributed by atoms with Gasteiger partial charge in [-0.25, -0.2) is 0 Å². The first kappa shape index (κ1) is 16.9. The molecule has 0 unspecified atom stereocenters. The largest absolute Gasteiger partial charge is 0.416 e. The molecule has 0 atom stereocenters. The van der Waals surface area contributed by atoms with E-state index >= 15 is 0 Å². The molecule has 0 bridgehead atoms. The van der Waals surface area contributed by atoms with E-state index in [-0.39, 0.29) is 43.3 Å². The fraction of sp³-hybridized carbons (Fsp3) is 0.375. The number of nitrogens with two attached hydrogens (primary N) is 1. The molecule has 2 nitrogen and oxygen atoms in total. The fourth-order valence-electron chi connectivity index (χ4n) is 1.06. The van der Waals surface area contributed by atoms with Gasteiger partial charge in [0.25, 0.3) is 0 Å². The van der Waals surface area contributed by atoms with Gasteiger partial charge in [-0.2, -0.15) is 13.2 Å². The molecule has 0 fully saturated rings. The van der Waals surface area contributed by atoms with E-state index in [2.05, 4.69) is 4.98 Å². The molecule has 15 heavy (non-hydrogen) atoms. The Labute approximate surface area is 97.9 Å². The predicted octanol–water partition coefficient (Wildman–Crippen LogP) is 2.45. The quantitative estimate of drug-likeness (QED) is 0.890. The maximum absolute atomic E-state index is 12.3. The number of nitrogens with zero attached hydrogens (tertiary/aromatic N) is 1. The van der Waals surface area contributed by atoms with Crippen molar-refractivity contribution in [1.82, 2.24) is 4.98 Å². The molecule has 0 aliphatic rings. The topological polar surface area (TPSA) is 38.9 Å². The van der Waals surface area contributed by atoms with Gasteiger partial charge in [0.1, 0.15) is 0 Å². The average molecular weight is 263 g/mol. The van der Waals surface area contributed by atoms with E-state index in [1.54, 1.807) is 0 Å². The summed E-state index contributed by atoms with van der Waals surface area (Å²) in [6.07, 6.45) is -1.78. The van der Waals surface area contributed by atoms with Gasteiger partial charge >= 0.3 is 6.18 Å². The van der Waals surface area contributed by atoms with Crippen molar-refractivity contribution < 1.29 is 13.2 Å². The Morgan fingerprint density at radius 3 is 2.33 bits per heavy atom. The molecule has 0 aliphatic heterocycles. The van der Waals surface area contributed by atoms with Crippen molar-refractivity contribution in [3.63, 3.8) is 0 Å². The van der Waals surface area contributed by atoms with E-state index in [0.29, 0.717) is 0 Å². The van der Waals surface area contributed by atoms with E-state index in [1.165, 1.54) is 6.20 Å². The smallest absolute Gasteiger partial charge is 0.330 e. The summed E-state index contributed by atoms with van der Waals surface area (Å²) in [5, 5.41) is 0. The lowest BCUT2D eigenvalue weighted by molar-refractivity contribution is -0.138. The van der Waals surface area contributed by atoms with Gasteiger partial charge in [-0.15, -0.1) is 24.8 Å². The average Bonchev–Trinajstić information content (AvgIpc) is 2.04. The number of rotatable bonds is 2. The molecule has 0 aliphatic carbocycles. The molecule has 1 aromatic heterocycles. The molecular weight excluding hydrogens is 252 g/mol. The SMILES string of the molecule is Cl.Cl.NCCc1cnccc1C(F)(F)F. The first-order chi connectivity index (χ1) is 6.05. The summed E-state index contributed by atoms with van der Waals surface area (Å²) < 4.78 is 36.9. The van der Waals surface area contributed by atoms with Gasteiger partial charge < -0.3 is 5.73 Å². The third-order valence-electron chi connectivity index (χ3n) is 1.62. The molecule has 7 heteroatoms. The summed E-state index contributed by atoms with van der Waals surface area (Å²) in [4.78, 5) is 3.62. The monoisotopic (exact) mass is 262 g/mol. The molecule has 0 aromatic carbocycles. The molecule has 1 aromatic rings. The van der Waals surface area contributed by atoms with Crippen LogP contribution in [0.3, 0.4) is 0 Å². The lowest BCUT2D eigenvalue weighted by atomic mass is 10.1. The normalized spacial score (nSPS) is 10.1. The van der Waals surface area contributed by atoms with Crippen LogP contribution in [0.4, 0.5) is 13.2 Å². The first-order valence-electron chi connectivity index (χ1n) is 3.76. The summed E-state index contributed by atoms with van der Waals surface area (Å²) in [5.74, 6) is 0. The van der Waals surface area contributed by atoms with Crippen LogP contribution in [-0.2, 0) is 12.6 Å². The summed E-state index contributed by atoms with van der Waals surface area (Å²) in [5.41, 5.74) is 4.68. The Hall–Kier alpha value is -0.520. The summed E-state index contributed by atoms with van der Waals surface area (Å²) >= 11 is 0. The van der Waals surface area contributed by atoms with Crippen molar-refractivity contribution in [2.45, 2.75) is 12.6 Å². The second-order valence-electron chi connectivity index (χ2n) is 2.57. The van der Waals surface area contributed by atoms with Gasteiger partial charge in [0, 0.05) is 12.4 Å². The molecule has 0 radical (unpaired) electrons. The van der Waals surface area contributed by atoms with E-state index in [4.69, 9.17) is 5.73 Å². The first-order valence-corrected chi connectivity index (χ1v) is 3.76. The number of aromatic nitrogens is 1. The van der Waals surface area contributed by atoms with E-state index in [9.17, 15) is 13.2 Å². The van der Waals surface area contributed by atoms with Crippen molar-refractivity contribution >= 4 is 24.8 Å². The van der Waals surface area contributed by atoms with Crippen molar-refractivity contribution in [3.05, 3.63) is 29.6 Å². The number of hydrogen-bond acceptors (Lipinski definition) is 2. The third kappa shape index (κ3) is 4.68. The maximum Gasteiger partial charge on any atom is 0.416 e. The van der Waals surface area contributed by atoms with Crippen LogP contribution in [-0.4, -0.2) is 11.5 Å². The van der Waals surface area contributed by atoms with Gasteiger partial charge in [0.15, 0.2) is 0 Å². The Morgan fingerprint density at radius 1 is 1.27 bits per heavy atom. The molecule has 0 amide bonds. The molecule has 0 saturated carbocycles. The van der Waals surface area contributed by atoms with Crippen molar-refractivity contribution in [3.8, 4) is 0 Å². The number of alkyl halides is 3. The number of hydrogen-bond donors (Lipinski definition) is 1. The maximum atomic E-state index is 12.3. The van der Waals surface area contributed by atoms with E-state index in [1.807, 2.05) is 0 Å². The molecule has 0 spiro atoms. The minimum absolute atomic E-state index is 0. The van der Waals surface area contributed by atoms with Gasteiger partial charge in [0.2, 0.25) is 0 Å². The van der Waals surface area contributed by atoms with Crippen molar-refractivity contribution in [1.29, 1.82) is 0 Å². The molecule has 1 heterocycles. The molecular formula is C8H11Cl2F3N2. The van der Waals surface area contributed by atoms with Crippen molar-refractivity contribution in [2.75, 3.05) is 6.54 Å². The summed E-state index contributed by atoms with van der Waals surface area (Å²) in [6, 6.07) is 0.963. The zero-order chi connectivity index (χ0) is 9.90. The standard InChI is InChI=1S/C8H9F3N2.2ClH/c9-8(10,11)7-2-4-13-5-6(7)1-3-12;;/h2,4-5H,1,3,12H2;2*1H. The number of halogens is 5. The van der Waals surface area contributed by atoms with Gasteiger partial charge in [-0.05, 0) is 24.6 Å². The Balaban J connectivity index is 0. The predicted molar refractivity (Wildman–Crippen MR) is 56.5 cm³/mol. The second-order valence-corrected chi connectivity index (χ2v) is 2.57. The number of pyridine rings is 1. The van der Waals surface area contributed by atoms with Crippen LogP contribution in [0, 0.1) is 0 Å². The van der Waals surface area contributed by atoms with Crippen LogP contribution in [0.1, 0.15) is 11.1 Å². The van der Waals surface area contributed by atoms with E-state index < -0.39 is 11.7 Å².